The van der Waals surface area contributed by atoms with Gasteiger partial charge in [-0.15, -0.1) is 0 Å². The van der Waals surface area contributed by atoms with Gasteiger partial charge in [-0.1, -0.05) is 0 Å². The summed E-state index contributed by atoms with van der Waals surface area (Å²) in [4.78, 5) is 26.1. The van der Waals surface area contributed by atoms with Crippen molar-refractivity contribution < 1.29 is 9.21 Å². The molecular formula is C18H13N3O3. The van der Waals surface area contributed by atoms with Gasteiger partial charge in [-0.2, -0.15) is 0 Å². The maximum absolute atomic E-state index is 12.3. The number of H-pyrrole nitrogens is 1. The Morgan fingerprint density at radius 2 is 1.79 bits per heavy atom. The number of anilines is 1. The van der Waals surface area contributed by atoms with E-state index in [1.807, 2.05) is 41.2 Å². The van der Waals surface area contributed by atoms with Crippen molar-refractivity contribution in [1.82, 2.24) is 9.55 Å². The Balaban J connectivity index is 1.55. The van der Waals surface area contributed by atoms with Crippen molar-refractivity contribution in [2.75, 3.05) is 5.32 Å². The Labute approximate surface area is 136 Å². The van der Waals surface area contributed by atoms with Crippen LogP contribution >= 0.6 is 0 Å². The number of oxazole rings is 1. The fraction of sp³-hybridized carbons (Fsp3) is 0. The number of aromatic nitrogens is 2. The molecule has 118 valence electrons. The van der Waals surface area contributed by atoms with Crippen molar-refractivity contribution in [1.29, 1.82) is 0 Å². The van der Waals surface area contributed by atoms with E-state index < -0.39 is 5.76 Å². The molecule has 2 aromatic carbocycles. The summed E-state index contributed by atoms with van der Waals surface area (Å²) in [6.45, 7) is 0. The molecule has 0 unspecified atom stereocenters. The Kier molecular flexibility index (Phi) is 3.28. The van der Waals surface area contributed by atoms with Crippen LogP contribution in [0, 0.1) is 0 Å². The molecule has 0 aliphatic rings. The van der Waals surface area contributed by atoms with Crippen molar-refractivity contribution in [3.63, 3.8) is 0 Å². The number of rotatable bonds is 3. The average Bonchev–Trinajstić information content (AvgIpc) is 3.23. The Bertz CT molecular complexity index is 1060. The summed E-state index contributed by atoms with van der Waals surface area (Å²) in [6, 6.07) is 16.2. The van der Waals surface area contributed by atoms with Crippen LogP contribution < -0.4 is 11.1 Å². The molecule has 4 rings (SSSR count). The molecule has 6 nitrogen and oxygen atoms in total. The van der Waals surface area contributed by atoms with Gasteiger partial charge >= 0.3 is 5.76 Å². The van der Waals surface area contributed by atoms with Crippen molar-refractivity contribution in [3.05, 3.63) is 83.1 Å². The molecule has 2 aromatic heterocycles. The zero-order chi connectivity index (χ0) is 16.5. The van der Waals surface area contributed by atoms with E-state index >= 15 is 0 Å². The lowest BCUT2D eigenvalue weighted by Crippen LogP contribution is -2.11. The first-order chi connectivity index (χ1) is 11.7. The second-order valence-electron chi connectivity index (χ2n) is 5.32. The van der Waals surface area contributed by atoms with E-state index in [-0.39, 0.29) is 5.91 Å². The molecule has 0 saturated heterocycles. The van der Waals surface area contributed by atoms with Gasteiger partial charge < -0.3 is 14.3 Å². The molecule has 2 N–H and O–H groups in total. The van der Waals surface area contributed by atoms with E-state index in [1.165, 1.54) is 0 Å². The lowest BCUT2D eigenvalue weighted by atomic mass is 10.2. The summed E-state index contributed by atoms with van der Waals surface area (Å²) in [6.07, 6.45) is 3.88. The molecular weight excluding hydrogens is 306 g/mol. The molecule has 0 bridgehead atoms. The number of carbonyl (C=O) groups excluding carboxylic acids is 1. The van der Waals surface area contributed by atoms with E-state index in [2.05, 4.69) is 10.3 Å². The van der Waals surface area contributed by atoms with Crippen LogP contribution in [0.4, 0.5) is 5.69 Å². The highest BCUT2D eigenvalue weighted by Gasteiger charge is 2.08. The van der Waals surface area contributed by atoms with Gasteiger partial charge in [0, 0.05) is 29.3 Å². The van der Waals surface area contributed by atoms with Gasteiger partial charge in [0.15, 0.2) is 5.58 Å². The van der Waals surface area contributed by atoms with Gasteiger partial charge in [-0.05, 0) is 54.6 Å². The predicted octanol–water partition coefficient (Wildman–Crippen LogP) is 3.16. The molecule has 0 aliphatic carbocycles. The molecule has 0 fully saturated rings. The smallest absolute Gasteiger partial charge is 0.408 e. The fourth-order valence-electron chi connectivity index (χ4n) is 2.52. The minimum atomic E-state index is -0.519. The fourth-order valence-corrected chi connectivity index (χ4v) is 2.52. The molecule has 0 radical (unpaired) electrons. The number of amides is 1. The number of hydrogen-bond acceptors (Lipinski definition) is 3. The number of nitrogens with zero attached hydrogens (tertiary/aromatic N) is 1. The summed E-state index contributed by atoms with van der Waals surface area (Å²) in [7, 11) is 0. The van der Waals surface area contributed by atoms with Crippen LogP contribution in [0.2, 0.25) is 0 Å². The zero-order valence-corrected chi connectivity index (χ0v) is 12.5. The quantitative estimate of drug-likeness (QED) is 0.608. The molecule has 4 aromatic rings. The monoisotopic (exact) mass is 319 g/mol. The highest BCUT2D eigenvalue weighted by Crippen LogP contribution is 2.17. The van der Waals surface area contributed by atoms with Gasteiger partial charge in [0.05, 0.1) is 5.52 Å². The third kappa shape index (κ3) is 2.61. The van der Waals surface area contributed by atoms with E-state index in [1.54, 1.807) is 30.3 Å². The molecule has 2 heterocycles. The van der Waals surface area contributed by atoms with Crippen LogP contribution in [-0.4, -0.2) is 15.5 Å². The van der Waals surface area contributed by atoms with E-state index in [0.29, 0.717) is 22.4 Å². The zero-order valence-electron chi connectivity index (χ0n) is 12.5. The average molecular weight is 319 g/mol. The first-order valence-corrected chi connectivity index (χ1v) is 7.37. The summed E-state index contributed by atoms with van der Waals surface area (Å²) < 4.78 is 6.90. The second kappa shape index (κ2) is 5.58. The van der Waals surface area contributed by atoms with E-state index in [0.717, 1.165) is 5.69 Å². The molecule has 0 saturated carbocycles. The molecule has 0 atom stereocenters. The Morgan fingerprint density at radius 1 is 1.04 bits per heavy atom. The number of aromatic amines is 1. The van der Waals surface area contributed by atoms with Crippen LogP contribution in [0.1, 0.15) is 10.4 Å². The highest BCUT2D eigenvalue weighted by molar-refractivity contribution is 6.05. The van der Waals surface area contributed by atoms with Gasteiger partial charge in [0.1, 0.15) is 0 Å². The first-order valence-electron chi connectivity index (χ1n) is 7.37. The number of hydrogen-bond donors (Lipinski definition) is 2. The van der Waals surface area contributed by atoms with Crippen molar-refractivity contribution in [2.24, 2.45) is 0 Å². The summed E-state index contributed by atoms with van der Waals surface area (Å²) in [5.41, 5.74) is 3.11. The number of fused-ring (bicyclic) bond motifs is 1. The predicted molar refractivity (Wildman–Crippen MR) is 90.6 cm³/mol. The van der Waals surface area contributed by atoms with Crippen LogP contribution in [0.3, 0.4) is 0 Å². The SMILES string of the molecule is O=C(Nc1ccc2oc(=O)[nH]c2c1)c1ccc(-n2cccc2)cc1. The van der Waals surface area contributed by atoms with Gasteiger partial charge in [0.2, 0.25) is 0 Å². The van der Waals surface area contributed by atoms with Gasteiger partial charge in [0.25, 0.3) is 5.91 Å². The maximum atomic E-state index is 12.3. The van der Waals surface area contributed by atoms with Gasteiger partial charge in [-0.3, -0.25) is 9.78 Å². The minimum absolute atomic E-state index is 0.223. The summed E-state index contributed by atoms with van der Waals surface area (Å²) in [5, 5.41) is 2.80. The lowest BCUT2D eigenvalue weighted by Gasteiger charge is -2.07. The standard InChI is InChI=1S/C18H13N3O3/c22-17(12-3-6-14(7-4-12)21-9-1-2-10-21)19-13-5-8-16-15(11-13)20-18(23)24-16/h1-11H,(H,19,22)(H,20,23). The third-order valence-corrected chi connectivity index (χ3v) is 3.71. The van der Waals surface area contributed by atoms with Crippen molar-refractivity contribution in [3.8, 4) is 5.69 Å². The molecule has 0 aliphatic heterocycles. The van der Waals surface area contributed by atoms with Crippen LogP contribution in [0.5, 0.6) is 0 Å². The van der Waals surface area contributed by atoms with Gasteiger partial charge in [-0.25, -0.2) is 4.79 Å². The third-order valence-electron chi connectivity index (χ3n) is 3.71. The minimum Gasteiger partial charge on any atom is -0.408 e. The molecule has 1 amide bonds. The first kappa shape index (κ1) is 14.1. The maximum Gasteiger partial charge on any atom is 0.417 e. The van der Waals surface area contributed by atoms with Crippen molar-refractivity contribution >= 4 is 22.7 Å². The highest BCUT2D eigenvalue weighted by atomic mass is 16.4. The largest absolute Gasteiger partial charge is 0.417 e. The Morgan fingerprint density at radius 3 is 2.54 bits per heavy atom. The number of benzene rings is 2. The molecule has 6 heteroatoms. The van der Waals surface area contributed by atoms with Crippen molar-refractivity contribution in [2.45, 2.75) is 0 Å². The Hall–Kier alpha value is -3.54. The lowest BCUT2D eigenvalue weighted by molar-refractivity contribution is 0.102. The topological polar surface area (TPSA) is 80.0 Å². The normalized spacial score (nSPS) is 10.8. The number of carbonyl (C=O) groups is 1. The van der Waals surface area contributed by atoms with E-state index in [4.69, 9.17) is 4.42 Å². The molecule has 0 spiro atoms. The summed E-state index contributed by atoms with van der Waals surface area (Å²) in [5.74, 6) is -0.742. The van der Waals surface area contributed by atoms with Crippen LogP contribution in [0.15, 0.2) is 76.2 Å². The van der Waals surface area contributed by atoms with Crippen LogP contribution in [-0.2, 0) is 0 Å². The summed E-state index contributed by atoms with van der Waals surface area (Å²) >= 11 is 0. The van der Waals surface area contributed by atoms with Crippen LogP contribution in [0.25, 0.3) is 16.8 Å². The number of nitrogens with one attached hydrogen (secondary N) is 2. The van der Waals surface area contributed by atoms with E-state index in [9.17, 15) is 9.59 Å². The molecule has 24 heavy (non-hydrogen) atoms. The second-order valence-corrected chi connectivity index (χ2v) is 5.32.